The number of ether oxygens (including phenoxy) is 1. The Balaban J connectivity index is 1.99. The molecule has 0 spiro atoms. The number of nitrogens with one attached hydrogen (secondary N) is 1. The molecule has 0 amide bonds. The van der Waals surface area contributed by atoms with E-state index in [1.807, 2.05) is 58.2 Å². The number of hydrogen-bond donors (Lipinski definition) is 1. The average molecular weight is 496 g/mol. The van der Waals surface area contributed by atoms with E-state index in [2.05, 4.69) is 40.9 Å². The van der Waals surface area contributed by atoms with Crippen molar-refractivity contribution in [1.29, 1.82) is 5.26 Å². The van der Waals surface area contributed by atoms with Gasteiger partial charge in [-0.25, -0.2) is 4.79 Å². The van der Waals surface area contributed by atoms with Gasteiger partial charge >= 0.3 is 5.97 Å². The lowest BCUT2D eigenvalue weighted by Crippen LogP contribution is -2.07. The van der Waals surface area contributed by atoms with Gasteiger partial charge in [-0.15, -0.1) is 11.8 Å². The zero-order chi connectivity index (χ0) is 18.7. The molecular weight excluding hydrogens is 479 g/mol. The Kier molecular flexibility index (Phi) is 6.37. The molecule has 26 heavy (non-hydrogen) atoms. The van der Waals surface area contributed by atoms with E-state index in [-0.39, 0.29) is 6.61 Å². The summed E-state index contributed by atoms with van der Waals surface area (Å²) in [4.78, 5) is 15.3. The lowest BCUT2D eigenvalue weighted by Gasteiger charge is -2.17. The van der Waals surface area contributed by atoms with Crippen LogP contribution in [0.4, 0.5) is 0 Å². The van der Waals surface area contributed by atoms with Crippen LogP contribution >= 0.6 is 46.1 Å². The minimum Gasteiger partial charge on any atom is -0.461 e. The summed E-state index contributed by atoms with van der Waals surface area (Å²) in [6.07, 6.45) is 4.35. The molecule has 1 aromatic heterocycles. The van der Waals surface area contributed by atoms with Gasteiger partial charge < -0.3 is 9.72 Å². The molecule has 0 saturated carbocycles. The third-order valence-electron chi connectivity index (χ3n) is 4.14. The van der Waals surface area contributed by atoms with E-state index in [4.69, 9.17) is 4.74 Å². The van der Waals surface area contributed by atoms with Crippen LogP contribution in [-0.4, -0.2) is 29.1 Å². The summed E-state index contributed by atoms with van der Waals surface area (Å²) in [7, 11) is 0. The highest BCUT2D eigenvalue weighted by atomic mass is 127. The molecule has 2 unspecified atom stereocenters. The minimum absolute atomic E-state index is 0.288. The van der Waals surface area contributed by atoms with Gasteiger partial charge in [0.15, 0.2) is 0 Å². The van der Waals surface area contributed by atoms with E-state index in [1.165, 1.54) is 5.56 Å². The van der Waals surface area contributed by atoms with E-state index in [0.29, 0.717) is 31.0 Å². The largest absolute Gasteiger partial charge is 0.461 e. The predicted molar refractivity (Wildman–Crippen MR) is 116 cm³/mol. The standard InChI is InChI=1S/C19H17IN2O2S2/c1-3-24-19(23)16-15(13(10-21)18(20)22-16)11-4-6-12(7-5-11)17-14(25-2)8-9-26-17/h4-9,14,17,22H,3H2,1-2H3. The maximum atomic E-state index is 12.3. The van der Waals surface area contributed by atoms with Crippen LogP contribution in [0, 0.1) is 15.0 Å². The van der Waals surface area contributed by atoms with E-state index < -0.39 is 5.97 Å². The molecule has 1 aliphatic rings. The Morgan fingerprint density at radius 3 is 2.77 bits per heavy atom. The number of nitrogens with zero attached hydrogens (tertiary/aromatic N) is 1. The van der Waals surface area contributed by atoms with Gasteiger partial charge in [-0.2, -0.15) is 17.0 Å². The highest BCUT2D eigenvalue weighted by Gasteiger charge is 2.26. The van der Waals surface area contributed by atoms with Crippen LogP contribution in [-0.2, 0) is 4.74 Å². The molecule has 2 heterocycles. The first kappa shape index (κ1) is 19.4. The second-order valence-electron chi connectivity index (χ2n) is 5.60. The number of carbonyl (C=O) groups excluding carboxylic acids is 1. The molecule has 4 nitrogen and oxygen atoms in total. The number of benzene rings is 1. The number of aromatic amines is 1. The van der Waals surface area contributed by atoms with Crippen LogP contribution < -0.4 is 0 Å². The van der Waals surface area contributed by atoms with Crippen molar-refractivity contribution in [3.8, 4) is 17.2 Å². The quantitative estimate of drug-likeness (QED) is 0.446. The van der Waals surface area contributed by atoms with Gasteiger partial charge in [0.05, 0.1) is 15.9 Å². The first-order chi connectivity index (χ1) is 12.6. The molecule has 2 atom stereocenters. The van der Waals surface area contributed by atoms with Crippen molar-refractivity contribution in [1.82, 2.24) is 4.98 Å². The van der Waals surface area contributed by atoms with Crippen LogP contribution in [0.2, 0.25) is 0 Å². The zero-order valence-corrected chi connectivity index (χ0v) is 18.1. The van der Waals surface area contributed by atoms with Crippen LogP contribution in [0.25, 0.3) is 11.1 Å². The molecule has 0 aliphatic carbocycles. The number of carbonyl (C=O) groups is 1. The summed E-state index contributed by atoms with van der Waals surface area (Å²) in [6, 6.07) is 10.3. The highest BCUT2D eigenvalue weighted by Crippen LogP contribution is 2.44. The lowest BCUT2D eigenvalue weighted by atomic mass is 9.99. The Labute approximate surface area is 174 Å². The van der Waals surface area contributed by atoms with Crippen LogP contribution in [0.15, 0.2) is 35.7 Å². The van der Waals surface area contributed by atoms with Crippen LogP contribution in [0.1, 0.15) is 33.8 Å². The molecule has 3 rings (SSSR count). The summed E-state index contributed by atoms with van der Waals surface area (Å²) in [5.74, 6) is -0.441. The molecule has 0 bridgehead atoms. The molecule has 0 fully saturated rings. The average Bonchev–Trinajstić information content (AvgIpc) is 3.25. The van der Waals surface area contributed by atoms with Crippen molar-refractivity contribution in [3.05, 3.63) is 56.3 Å². The molecule has 1 N–H and O–H groups in total. The third-order valence-corrected chi connectivity index (χ3v) is 7.27. The Morgan fingerprint density at radius 1 is 1.42 bits per heavy atom. The van der Waals surface area contributed by atoms with Gasteiger partial charge in [-0.05, 0) is 52.3 Å². The van der Waals surface area contributed by atoms with E-state index in [9.17, 15) is 10.1 Å². The van der Waals surface area contributed by atoms with Crippen molar-refractivity contribution in [3.63, 3.8) is 0 Å². The Hall–Kier alpha value is -1.37. The number of aromatic nitrogens is 1. The topological polar surface area (TPSA) is 65.9 Å². The maximum absolute atomic E-state index is 12.3. The van der Waals surface area contributed by atoms with E-state index in [1.54, 1.807) is 6.92 Å². The predicted octanol–water partition coefficient (Wildman–Crippen LogP) is 5.37. The van der Waals surface area contributed by atoms with Crippen molar-refractivity contribution in [2.45, 2.75) is 17.4 Å². The maximum Gasteiger partial charge on any atom is 0.355 e. The van der Waals surface area contributed by atoms with Gasteiger partial charge in [-0.1, -0.05) is 30.3 Å². The minimum atomic E-state index is -0.441. The monoisotopic (exact) mass is 496 g/mol. The number of nitriles is 1. The Morgan fingerprint density at radius 2 is 2.15 bits per heavy atom. The van der Waals surface area contributed by atoms with E-state index in [0.717, 1.165) is 5.56 Å². The van der Waals surface area contributed by atoms with Crippen molar-refractivity contribution in [2.75, 3.05) is 12.9 Å². The molecule has 7 heteroatoms. The fourth-order valence-electron chi connectivity index (χ4n) is 2.92. The smallest absolute Gasteiger partial charge is 0.355 e. The number of thioether (sulfide) groups is 2. The molecule has 1 aromatic carbocycles. The molecule has 0 radical (unpaired) electrons. The second kappa shape index (κ2) is 8.55. The van der Waals surface area contributed by atoms with Crippen molar-refractivity contribution < 1.29 is 9.53 Å². The van der Waals surface area contributed by atoms with Crippen molar-refractivity contribution >= 4 is 52.1 Å². The number of rotatable bonds is 5. The molecule has 134 valence electrons. The van der Waals surface area contributed by atoms with E-state index >= 15 is 0 Å². The summed E-state index contributed by atoms with van der Waals surface area (Å²) >= 11 is 5.70. The normalized spacial score (nSPS) is 18.7. The number of hydrogen-bond acceptors (Lipinski definition) is 5. The van der Waals surface area contributed by atoms with Crippen molar-refractivity contribution in [2.24, 2.45) is 0 Å². The lowest BCUT2D eigenvalue weighted by molar-refractivity contribution is 0.0521. The first-order valence-corrected chi connectivity index (χ1v) is 11.4. The molecule has 1 aliphatic heterocycles. The fraction of sp³-hybridized carbons (Fsp3) is 0.263. The number of esters is 1. The van der Waals surface area contributed by atoms with Gasteiger partial charge in [-0.3, -0.25) is 0 Å². The summed E-state index contributed by atoms with van der Waals surface area (Å²) in [5.41, 5.74) is 3.49. The number of halogens is 1. The molecule has 0 saturated heterocycles. The SMILES string of the molecule is CCOC(=O)c1[nH]c(I)c(C#N)c1-c1ccc(C2SC=CC2SC)cc1. The van der Waals surface area contributed by atoms with Gasteiger partial charge in [0.1, 0.15) is 11.8 Å². The van der Waals surface area contributed by atoms with Crippen LogP contribution in [0.3, 0.4) is 0 Å². The van der Waals surface area contributed by atoms with Gasteiger partial charge in [0, 0.05) is 16.1 Å². The molecule has 2 aromatic rings. The van der Waals surface area contributed by atoms with Gasteiger partial charge in [0.2, 0.25) is 0 Å². The number of H-pyrrole nitrogens is 1. The summed E-state index contributed by atoms with van der Waals surface area (Å²) < 4.78 is 5.78. The van der Waals surface area contributed by atoms with Crippen LogP contribution in [0.5, 0.6) is 0 Å². The fourth-order valence-corrected chi connectivity index (χ4v) is 5.83. The highest BCUT2D eigenvalue weighted by molar-refractivity contribution is 14.1. The zero-order valence-electron chi connectivity index (χ0n) is 14.3. The first-order valence-electron chi connectivity index (χ1n) is 8.04. The summed E-state index contributed by atoms with van der Waals surface area (Å²) in [5, 5.41) is 12.5. The Bertz CT molecular complexity index is 884. The molecular formula is C19H17IN2O2S2. The second-order valence-corrected chi connectivity index (χ2v) is 8.75. The third kappa shape index (κ3) is 3.68. The summed E-state index contributed by atoms with van der Waals surface area (Å²) in [6.45, 7) is 2.05. The van der Waals surface area contributed by atoms with Gasteiger partial charge in [0.25, 0.3) is 0 Å².